The average Bonchev–Trinajstić information content (AvgIpc) is 3.05. The Hall–Kier alpha value is -3.20. The van der Waals surface area contributed by atoms with E-state index in [1.807, 2.05) is 6.92 Å². The molecule has 1 heterocycles. The van der Waals surface area contributed by atoms with Crippen molar-refractivity contribution in [2.75, 3.05) is 16.3 Å². The fourth-order valence-corrected chi connectivity index (χ4v) is 3.34. The van der Waals surface area contributed by atoms with Gasteiger partial charge in [-0.3, -0.25) is 9.52 Å². The van der Waals surface area contributed by atoms with E-state index in [0.29, 0.717) is 34.7 Å². The number of benzene rings is 2. The van der Waals surface area contributed by atoms with Crippen LogP contribution in [0.3, 0.4) is 0 Å². The highest BCUT2D eigenvalue weighted by molar-refractivity contribution is 7.92. The first-order chi connectivity index (χ1) is 13.3. The number of nitrogens with zero attached hydrogens (tertiary/aromatic N) is 2. The molecule has 0 radical (unpaired) electrons. The normalized spacial score (nSPS) is 11.2. The second-order valence-corrected chi connectivity index (χ2v) is 7.90. The molecular weight excluding hydrogens is 383 g/mol. The summed E-state index contributed by atoms with van der Waals surface area (Å²) < 4.78 is 39.8. The SMILES string of the molecule is CCc1c(C(=O)Nc2cccc(NS(C)(=O)=O)c2)cnn1-c1ccc(F)cc1. The molecule has 0 aliphatic heterocycles. The van der Waals surface area contributed by atoms with Crippen LogP contribution in [0.5, 0.6) is 0 Å². The number of hydrogen-bond donors (Lipinski definition) is 2. The molecule has 0 fully saturated rings. The highest BCUT2D eigenvalue weighted by Gasteiger charge is 2.17. The molecule has 1 amide bonds. The molecule has 0 saturated carbocycles. The van der Waals surface area contributed by atoms with Crippen molar-refractivity contribution in [1.82, 2.24) is 9.78 Å². The molecule has 0 bridgehead atoms. The molecule has 28 heavy (non-hydrogen) atoms. The molecule has 0 aliphatic carbocycles. The average molecular weight is 402 g/mol. The molecular formula is C19H19FN4O3S. The van der Waals surface area contributed by atoms with Crippen LogP contribution in [0.15, 0.2) is 54.7 Å². The smallest absolute Gasteiger partial charge is 0.259 e. The number of rotatable bonds is 6. The Balaban J connectivity index is 1.85. The first-order valence-corrected chi connectivity index (χ1v) is 10.4. The van der Waals surface area contributed by atoms with Gasteiger partial charge in [0.2, 0.25) is 10.0 Å². The third-order valence-corrected chi connectivity index (χ3v) is 4.55. The van der Waals surface area contributed by atoms with Gasteiger partial charge < -0.3 is 5.32 Å². The van der Waals surface area contributed by atoms with E-state index >= 15 is 0 Å². The summed E-state index contributed by atoms with van der Waals surface area (Å²) in [6, 6.07) is 12.2. The summed E-state index contributed by atoms with van der Waals surface area (Å²) in [6.07, 6.45) is 3.04. The maximum Gasteiger partial charge on any atom is 0.259 e. The van der Waals surface area contributed by atoms with Crippen molar-refractivity contribution in [2.24, 2.45) is 0 Å². The number of carbonyl (C=O) groups excluding carboxylic acids is 1. The highest BCUT2D eigenvalue weighted by atomic mass is 32.2. The van der Waals surface area contributed by atoms with E-state index < -0.39 is 10.0 Å². The van der Waals surface area contributed by atoms with Crippen molar-refractivity contribution in [3.8, 4) is 5.69 Å². The van der Waals surface area contributed by atoms with Crippen molar-refractivity contribution in [2.45, 2.75) is 13.3 Å². The molecule has 0 atom stereocenters. The van der Waals surface area contributed by atoms with Gasteiger partial charge >= 0.3 is 0 Å². The van der Waals surface area contributed by atoms with E-state index in [1.54, 1.807) is 35.0 Å². The van der Waals surface area contributed by atoms with Gasteiger partial charge in [0.25, 0.3) is 5.91 Å². The summed E-state index contributed by atoms with van der Waals surface area (Å²) >= 11 is 0. The van der Waals surface area contributed by atoms with Crippen LogP contribution in [-0.4, -0.2) is 30.4 Å². The molecule has 9 heteroatoms. The lowest BCUT2D eigenvalue weighted by molar-refractivity contribution is 0.102. The van der Waals surface area contributed by atoms with E-state index in [9.17, 15) is 17.6 Å². The summed E-state index contributed by atoms with van der Waals surface area (Å²) in [5.74, 6) is -0.726. The molecule has 7 nitrogen and oxygen atoms in total. The number of halogens is 1. The maximum atomic E-state index is 13.2. The lowest BCUT2D eigenvalue weighted by Gasteiger charge is -2.10. The van der Waals surface area contributed by atoms with E-state index in [-0.39, 0.29) is 11.7 Å². The van der Waals surface area contributed by atoms with E-state index in [0.717, 1.165) is 6.26 Å². The molecule has 2 aromatic carbocycles. The van der Waals surface area contributed by atoms with E-state index in [2.05, 4.69) is 15.1 Å². The van der Waals surface area contributed by atoms with Crippen LogP contribution in [0.1, 0.15) is 23.0 Å². The van der Waals surface area contributed by atoms with Gasteiger partial charge in [-0.1, -0.05) is 13.0 Å². The molecule has 1 aromatic heterocycles. The fourth-order valence-electron chi connectivity index (χ4n) is 2.78. The summed E-state index contributed by atoms with van der Waals surface area (Å²) in [5, 5.41) is 7.00. The fraction of sp³-hybridized carbons (Fsp3) is 0.158. The molecule has 3 rings (SSSR count). The Morgan fingerprint density at radius 3 is 2.46 bits per heavy atom. The predicted octanol–water partition coefficient (Wildman–Crippen LogP) is 3.20. The summed E-state index contributed by atoms with van der Waals surface area (Å²) in [5.41, 5.74) is 2.49. The zero-order valence-electron chi connectivity index (χ0n) is 15.3. The van der Waals surface area contributed by atoms with Crippen molar-refractivity contribution in [3.05, 3.63) is 71.8 Å². The third kappa shape index (κ3) is 4.55. The number of aromatic nitrogens is 2. The first-order valence-electron chi connectivity index (χ1n) is 8.49. The number of carbonyl (C=O) groups is 1. The molecule has 0 saturated heterocycles. The number of nitrogens with one attached hydrogen (secondary N) is 2. The molecule has 146 valence electrons. The second-order valence-electron chi connectivity index (χ2n) is 6.16. The Bertz CT molecular complexity index is 1110. The Labute approximate surface area is 162 Å². The van der Waals surface area contributed by atoms with E-state index in [4.69, 9.17) is 0 Å². The Morgan fingerprint density at radius 1 is 1.14 bits per heavy atom. The minimum atomic E-state index is -3.42. The monoisotopic (exact) mass is 402 g/mol. The van der Waals surface area contributed by atoms with Crippen molar-refractivity contribution < 1.29 is 17.6 Å². The van der Waals surface area contributed by atoms with Crippen LogP contribution in [0, 0.1) is 5.82 Å². The summed E-state index contributed by atoms with van der Waals surface area (Å²) in [6.45, 7) is 1.89. The molecule has 0 aliphatic rings. The Morgan fingerprint density at radius 2 is 1.82 bits per heavy atom. The standard InChI is InChI=1S/C19H19FN4O3S/c1-3-18-17(12-21-24(18)16-9-7-13(20)8-10-16)19(25)22-14-5-4-6-15(11-14)23-28(2,26)27/h4-12,23H,3H2,1-2H3,(H,22,25). The number of amides is 1. The van der Waals surface area contributed by atoms with Crippen LogP contribution in [0.2, 0.25) is 0 Å². The largest absolute Gasteiger partial charge is 0.322 e. The summed E-state index contributed by atoms with van der Waals surface area (Å²) in [7, 11) is -3.42. The van der Waals surface area contributed by atoms with Gasteiger partial charge in [0.05, 0.1) is 35.1 Å². The summed E-state index contributed by atoms with van der Waals surface area (Å²) in [4.78, 5) is 12.7. The second kappa shape index (κ2) is 7.81. The number of hydrogen-bond acceptors (Lipinski definition) is 4. The lowest BCUT2D eigenvalue weighted by Crippen LogP contribution is -2.15. The Kier molecular flexibility index (Phi) is 5.46. The number of anilines is 2. The van der Waals surface area contributed by atoms with E-state index in [1.165, 1.54) is 24.4 Å². The third-order valence-electron chi connectivity index (χ3n) is 3.94. The lowest BCUT2D eigenvalue weighted by atomic mass is 10.1. The van der Waals surface area contributed by atoms with Crippen molar-refractivity contribution in [1.29, 1.82) is 0 Å². The first kappa shape index (κ1) is 19.6. The van der Waals surface area contributed by atoms with Gasteiger partial charge in [-0.2, -0.15) is 5.10 Å². The maximum absolute atomic E-state index is 13.2. The van der Waals surface area contributed by atoms with Crippen LogP contribution in [0.4, 0.5) is 15.8 Å². The van der Waals surface area contributed by atoms with Crippen LogP contribution in [0.25, 0.3) is 5.69 Å². The van der Waals surface area contributed by atoms with Gasteiger partial charge in [-0.05, 0) is 48.9 Å². The zero-order valence-corrected chi connectivity index (χ0v) is 16.1. The molecule has 3 aromatic rings. The van der Waals surface area contributed by atoms with Crippen molar-refractivity contribution >= 4 is 27.3 Å². The van der Waals surface area contributed by atoms with Crippen molar-refractivity contribution in [3.63, 3.8) is 0 Å². The zero-order chi connectivity index (χ0) is 20.3. The van der Waals surface area contributed by atoms with Gasteiger partial charge in [0.15, 0.2) is 0 Å². The van der Waals surface area contributed by atoms with Crippen LogP contribution in [-0.2, 0) is 16.4 Å². The number of sulfonamides is 1. The van der Waals surface area contributed by atoms with Gasteiger partial charge in [0.1, 0.15) is 5.82 Å². The van der Waals surface area contributed by atoms with Crippen LogP contribution < -0.4 is 10.0 Å². The van der Waals surface area contributed by atoms with Crippen LogP contribution >= 0.6 is 0 Å². The predicted molar refractivity (Wildman–Crippen MR) is 106 cm³/mol. The van der Waals surface area contributed by atoms with Gasteiger partial charge in [-0.25, -0.2) is 17.5 Å². The minimum Gasteiger partial charge on any atom is -0.322 e. The topological polar surface area (TPSA) is 93.1 Å². The van der Waals surface area contributed by atoms with Gasteiger partial charge in [0, 0.05) is 5.69 Å². The molecule has 0 spiro atoms. The quantitative estimate of drug-likeness (QED) is 0.662. The van der Waals surface area contributed by atoms with Gasteiger partial charge in [-0.15, -0.1) is 0 Å². The molecule has 2 N–H and O–H groups in total. The highest BCUT2D eigenvalue weighted by Crippen LogP contribution is 2.20. The minimum absolute atomic E-state index is 0.345. The molecule has 0 unspecified atom stereocenters.